The summed E-state index contributed by atoms with van der Waals surface area (Å²) in [4.78, 5) is 13.5. The van der Waals surface area contributed by atoms with Crippen LogP contribution in [0.25, 0.3) is 0 Å². The summed E-state index contributed by atoms with van der Waals surface area (Å²) in [6.07, 6.45) is 0.962. The molecule has 4 heteroatoms. The number of aliphatic hydroxyl groups excluding tert-OH is 1. The third-order valence-electron chi connectivity index (χ3n) is 2.93. The first-order chi connectivity index (χ1) is 8.69. The smallest absolute Gasteiger partial charge is 0.334 e. The van der Waals surface area contributed by atoms with Gasteiger partial charge in [0, 0.05) is 25.2 Å². The fraction of sp³-hybridized carbons (Fsp3) is 0.357. The summed E-state index contributed by atoms with van der Waals surface area (Å²) >= 11 is 0. The van der Waals surface area contributed by atoms with Crippen molar-refractivity contribution in [1.29, 1.82) is 0 Å². The van der Waals surface area contributed by atoms with Gasteiger partial charge in [-0.05, 0) is 11.6 Å². The van der Waals surface area contributed by atoms with E-state index in [1.807, 2.05) is 35.2 Å². The molecule has 96 valence electrons. The molecule has 1 heterocycles. The molecule has 1 aromatic carbocycles. The molecule has 0 aromatic heterocycles. The van der Waals surface area contributed by atoms with Crippen molar-refractivity contribution in [2.45, 2.75) is 12.6 Å². The van der Waals surface area contributed by atoms with Gasteiger partial charge >= 0.3 is 5.97 Å². The second kappa shape index (κ2) is 5.80. The van der Waals surface area contributed by atoms with Gasteiger partial charge in [0.2, 0.25) is 0 Å². The minimum absolute atomic E-state index is 0.369. The van der Waals surface area contributed by atoms with Crippen molar-refractivity contribution in [2.75, 3.05) is 20.2 Å². The first kappa shape index (κ1) is 12.8. The number of benzene rings is 1. The zero-order chi connectivity index (χ0) is 13.0. The average Bonchev–Trinajstić information content (AvgIpc) is 2.38. The highest BCUT2D eigenvalue weighted by Gasteiger charge is 2.23. The van der Waals surface area contributed by atoms with Crippen LogP contribution in [0.2, 0.25) is 0 Å². The van der Waals surface area contributed by atoms with E-state index in [9.17, 15) is 9.90 Å². The third-order valence-corrected chi connectivity index (χ3v) is 2.93. The standard InChI is InChI=1S/C14H17NO3/c1-18-14(17)12-7-13(16)10-15(9-12)8-11-5-3-2-4-6-11/h2-7,13,16H,8-10H2,1H3/t13-/m0/s1. The molecule has 1 aliphatic rings. The van der Waals surface area contributed by atoms with E-state index in [1.54, 1.807) is 6.08 Å². The molecule has 0 saturated heterocycles. The SMILES string of the molecule is COC(=O)C1=C[C@H](O)CN(Cc2ccccc2)C1. The maximum atomic E-state index is 11.5. The van der Waals surface area contributed by atoms with Crippen LogP contribution in [-0.4, -0.2) is 42.3 Å². The number of β-amino-alcohol motifs (C(OH)–C–C–N with tert-alkyl or cyclic N) is 1. The molecule has 18 heavy (non-hydrogen) atoms. The normalized spacial score (nSPS) is 20.3. The third kappa shape index (κ3) is 3.18. The van der Waals surface area contributed by atoms with Crippen LogP contribution in [0.4, 0.5) is 0 Å². The summed E-state index contributed by atoms with van der Waals surface area (Å²) in [5.74, 6) is -0.369. The van der Waals surface area contributed by atoms with Gasteiger partial charge in [-0.1, -0.05) is 30.3 Å². The quantitative estimate of drug-likeness (QED) is 0.808. The van der Waals surface area contributed by atoms with E-state index in [0.29, 0.717) is 25.2 Å². The van der Waals surface area contributed by atoms with Crippen molar-refractivity contribution in [3.8, 4) is 0 Å². The van der Waals surface area contributed by atoms with E-state index >= 15 is 0 Å². The molecule has 0 fully saturated rings. The van der Waals surface area contributed by atoms with Crippen LogP contribution < -0.4 is 0 Å². The summed E-state index contributed by atoms with van der Waals surface area (Å²) in [6, 6.07) is 9.99. The molecule has 2 rings (SSSR count). The van der Waals surface area contributed by atoms with Crippen molar-refractivity contribution in [3.63, 3.8) is 0 Å². The fourth-order valence-electron chi connectivity index (χ4n) is 2.13. The molecule has 0 bridgehead atoms. The Morgan fingerprint density at radius 3 is 2.83 bits per heavy atom. The lowest BCUT2D eigenvalue weighted by Gasteiger charge is -2.29. The fourth-order valence-corrected chi connectivity index (χ4v) is 2.13. The number of ether oxygens (including phenoxy) is 1. The van der Waals surface area contributed by atoms with Gasteiger partial charge < -0.3 is 9.84 Å². The van der Waals surface area contributed by atoms with Gasteiger partial charge in [-0.3, -0.25) is 4.90 Å². The number of esters is 1. The van der Waals surface area contributed by atoms with Crippen molar-refractivity contribution >= 4 is 5.97 Å². The van der Waals surface area contributed by atoms with Crippen molar-refractivity contribution in [2.24, 2.45) is 0 Å². The number of rotatable bonds is 3. The van der Waals surface area contributed by atoms with Gasteiger partial charge in [-0.2, -0.15) is 0 Å². The summed E-state index contributed by atoms with van der Waals surface area (Å²) in [5.41, 5.74) is 1.68. The van der Waals surface area contributed by atoms with Gasteiger partial charge in [-0.25, -0.2) is 4.79 Å². The summed E-state index contributed by atoms with van der Waals surface area (Å²) < 4.78 is 4.69. The molecule has 1 atom stereocenters. The average molecular weight is 247 g/mol. The number of nitrogens with zero attached hydrogens (tertiary/aromatic N) is 1. The highest BCUT2D eigenvalue weighted by Crippen LogP contribution is 2.14. The first-order valence-corrected chi connectivity index (χ1v) is 5.92. The molecule has 1 aliphatic heterocycles. The largest absolute Gasteiger partial charge is 0.466 e. The molecule has 1 N–H and O–H groups in total. The number of hydrogen-bond donors (Lipinski definition) is 1. The van der Waals surface area contributed by atoms with Gasteiger partial charge in [0.05, 0.1) is 13.2 Å². The maximum Gasteiger partial charge on any atom is 0.334 e. The van der Waals surface area contributed by atoms with Gasteiger partial charge in [0.15, 0.2) is 0 Å². The topological polar surface area (TPSA) is 49.8 Å². The van der Waals surface area contributed by atoms with Crippen LogP contribution in [-0.2, 0) is 16.1 Å². The number of carbonyl (C=O) groups excluding carboxylic acids is 1. The molecule has 0 amide bonds. The zero-order valence-electron chi connectivity index (χ0n) is 10.4. The number of hydrogen-bond acceptors (Lipinski definition) is 4. The van der Waals surface area contributed by atoms with Crippen molar-refractivity contribution < 1.29 is 14.6 Å². The Bertz CT molecular complexity index is 442. The lowest BCUT2D eigenvalue weighted by Crippen LogP contribution is -2.38. The Morgan fingerprint density at radius 1 is 1.44 bits per heavy atom. The van der Waals surface area contributed by atoms with E-state index in [-0.39, 0.29) is 5.97 Å². The highest BCUT2D eigenvalue weighted by molar-refractivity contribution is 5.89. The van der Waals surface area contributed by atoms with Crippen molar-refractivity contribution in [3.05, 3.63) is 47.5 Å². The van der Waals surface area contributed by atoms with Gasteiger partial charge in [-0.15, -0.1) is 0 Å². The molecule has 0 radical (unpaired) electrons. The van der Waals surface area contributed by atoms with Crippen LogP contribution in [0, 0.1) is 0 Å². The lowest BCUT2D eigenvalue weighted by atomic mass is 10.1. The van der Waals surface area contributed by atoms with E-state index in [2.05, 4.69) is 0 Å². The summed E-state index contributed by atoms with van der Waals surface area (Å²) in [6.45, 7) is 1.76. The molecular weight excluding hydrogens is 230 g/mol. The van der Waals surface area contributed by atoms with Crippen LogP contribution in [0.15, 0.2) is 42.0 Å². The van der Waals surface area contributed by atoms with Crippen LogP contribution in [0.3, 0.4) is 0 Å². The molecule has 0 saturated carbocycles. The van der Waals surface area contributed by atoms with Gasteiger partial charge in [0.1, 0.15) is 0 Å². The predicted molar refractivity (Wildman–Crippen MR) is 67.8 cm³/mol. The molecule has 1 aromatic rings. The Labute approximate surface area is 106 Å². The molecular formula is C14H17NO3. The summed E-state index contributed by atoms with van der Waals surface area (Å²) in [7, 11) is 1.35. The highest BCUT2D eigenvalue weighted by atomic mass is 16.5. The van der Waals surface area contributed by atoms with Crippen LogP contribution in [0.5, 0.6) is 0 Å². The predicted octanol–water partition coefficient (Wildman–Crippen LogP) is 0.962. The monoisotopic (exact) mass is 247 g/mol. The van der Waals surface area contributed by atoms with E-state index in [4.69, 9.17) is 4.74 Å². The molecule has 0 spiro atoms. The minimum Gasteiger partial charge on any atom is -0.466 e. The minimum atomic E-state index is -0.614. The lowest BCUT2D eigenvalue weighted by molar-refractivity contribution is -0.136. The first-order valence-electron chi connectivity index (χ1n) is 5.92. The van der Waals surface area contributed by atoms with Crippen molar-refractivity contribution in [1.82, 2.24) is 4.90 Å². The van der Waals surface area contributed by atoms with Crippen LogP contribution in [0.1, 0.15) is 5.56 Å². The maximum absolute atomic E-state index is 11.5. The molecule has 4 nitrogen and oxygen atoms in total. The van der Waals surface area contributed by atoms with Gasteiger partial charge in [0.25, 0.3) is 0 Å². The molecule has 0 aliphatic carbocycles. The van der Waals surface area contributed by atoms with E-state index < -0.39 is 6.10 Å². The second-order valence-electron chi connectivity index (χ2n) is 4.41. The Kier molecular flexibility index (Phi) is 4.12. The Hall–Kier alpha value is -1.65. The number of methoxy groups -OCH3 is 1. The van der Waals surface area contributed by atoms with E-state index in [1.165, 1.54) is 7.11 Å². The zero-order valence-corrected chi connectivity index (χ0v) is 10.4. The number of aliphatic hydroxyl groups is 1. The summed E-state index contributed by atoms with van der Waals surface area (Å²) in [5, 5.41) is 9.75. The van der Waals surface area contributed by atoms with Crippen LogP contribution >= 0.6 is 0 Å². The van der Waals surface area contributed by atoms with E-state index in [0.717, 1.165) is 5.56 Å². The second-order valence-corrected chi connectivity index (χ2v) is 4.41. The Balaban J connectivity index is 2.04. The molecule has 0 unspecified atom stereocenters. The Morgan fingerprint density at radius 2 is 2.17 bits per heavy atom. The number of carbonyl (C=O) groups is 1.